The molecule has 0 aliphatic heterocycles. The van der Waals surface area contributed by atoms with Gasteiger partial charge in [0.1, 0.15) is 5.69 Å². The molecule has 4 aromatic rings. The van der Waals surface area contributed by atoms with Crippen molar-refractivity contribution in [1.29, 1.82) is 5.26 Å². The number of pyridine rings is 1. The number of nitrogens with zero attached hydrogens (tertiary/aromatic N) is 4. The number of carbonyl (C=O) groups is 1. The number of fused-ring (bicyclic) bond motifs is 1. The van der Waals surface area contributed by atoms with E-state index in [0.717, 1.165) is 11.6 Å². The van der Waals surface area contributed by atoms with Crippen molar-refractivity contribution >= 4 is 38.4 Å². The molecule has 4 rings (SSSR count). The number of anilines is 1. The molecule has 0 aliphatic carbocycles. The molecule has 0 radical (unpaired) electrons. The van der Waals surface area contributed by atoms with Gasteiger partial charge in [-0.3, -0.25) is 9.48 Å². The minimum Gasteiger partial charge on any atom is -0.319 e. The van der Waals surface area contributed by atoms with Crippen LogP contribution in [-0.4, -0.2) is 20.7 Å². The van der Waals surface area contributed by atoms with Gasteiger partial charge < -0.3 is 5.32 Å². The van der Waals surface area contributed by atoms with Gasteiger partial charge in [0.25, 0.3) is 5.91 Å². The monoisotopic (exact) mass is 513 g/mol. The van der Waals surface area contributed by atoms with Crippen molar-refractivity contribution < 1.29 is 18.0 Å². The second kappa shape index (κ2) is 8.67. The van der Waals surface area contributed by atoms with Gasteiger partial charge in [0, 0.05) is 16.1 Å². The Morgan fingerprint density at radius 1 is 1.21 bits per heavy atom. The highest BCUT2D eigenvalue weighted by molar-refractivity contribution is 9.10. The summed E-state index contributed by atoms with van der Waals surface area (Å²) in [7, 11) is 0. The van der Waals surface area contributed by atoms with Crippen LogP contribution in [0.2, 0.25) is 0 Å². The molecule has 1 N–H and O–H groups in total. The van der Waals surface area contributed by atoms with E-state index in [1.165, 1.54) is 6.07 Å². The van der Waals surface area contributed by atoms with E-state index in [-0.39, 0.29) is 16.5 Å². The summed E-state index contributed by atoms with van der Waals surface area (Å²) in [4.78, 5) is 16.7. The molecule has 0 atom stereocenters. The molecule has 33 heavy (non-hydrogen) atoms. The topological polar surface area (TPSA) is 83.6 Å². The molecule has 1 amide bonds. The number of nitriles is 1. The van der Waals surface area contributed by atoms with E-state index in [2.05, 4.69) is 37.4 Å². The summed E-state index contributed by atoms with van der Waals surface area (Å²) in [5, 5.41) is 16.5. The molecule has 2 heterocycles. The third-order valence-corrected chi connectivity index (χ3v) is 5.46. The number of carbonyl (C=O) groups excluding carboxylic acids is 1. The summed E-state index contributed by atoms with van der Waals surface area (Å²) in [6.45, 7) is 1.97. The fraction of sp³-hybridized carbons (Fsp3) is 0.130. The van der Waals surface area contributed by atoms with Crippen molar-refractivity contribution in [2.24, 2.45) is 0 Å². The fourth-order valence-corrected chi connectivity index (χ4v) is 3.75. The first-order chi connectivity index (χ1) is 15.7. The Morgan fingerprint density at radius 3 is 2.70 bits per heavy atom. The van der Waals surface area contributed by atoms with Gasteiger partial charge in [-0.2, -0.15) is 23.5 Å². The molecular formula is C23H15BrF3N5O. The summed E-state index contributed by atoms with van der Waals surface area (Å²) in [5.74, 6) is -0.717. The van der Waals surface area contributed by atoms with Crippen LogP contribution in [0.25, 0.3) is 10.9 Å². The maximum atomic E-state index is 13.4. The van der Waals surface area contributed by atoms with Gasteiger partial charge in [-0.1, -0.05) is 34.1 Å². The second-order valence-corrected chi connectivity index (χ2v) is 8.18. The van der Waals surface area contributed by atoms with Crippen molar-refractivity contribution in [3.05, 3.63) is 87.3 Å². The molecule has 166 valence electrons. The van der Waals surface area contributed by atoms with Crippen LogP contribution in [0, 0.1) is 18.3 Å². The lowest BCUT2D eigenvalue weighted by atomic mass is 10.1. The predicted octanol–water partition coefficient (Wildman–Crippen LogP) is 5.69. The van der Waals surface area contributed by atoms with Gasteiger partial charge >= 0.3 is 6.18 Å². The van der Waals surface area contributed by atoms with Gasteiger partial charge in [-0.15, -0.1) is 0 Å². The zero-order valence-corrected chi connectivity index (χ0v) is 18.7. The van der Waals surface area contributed by atoms with E-state index >= 15 is 0 Å². The van der Waals surface area contributed by atoms with Gasteiger partial charge in [-0.05, 0) is 42.8 Å². The largest absolute Gasteiger partial charge is 0.433 e. The highest BCUT2D eigenvalue weighted by Gasteiger charge is 2.34. The maximum absolute atomic E-state index is 13.4. The maximum Gasteiger partial charge on any atom is 0.433 e. The number of amides is 1. The van der Waals surface area contributed by atoms with Crippen molar-refractivity contribution in [2.75, 3.05) is 5.32 Å². The standard InChI is InChI=1S/C23H15BrF3N5O/c1-13-20(12-32(31-13)11-15-5-3-2-4-14(15)10-28)30-22(33)18-9-21(23(25,26)27)29-19-7-6-16(24)8-17(18)19/h2-9,12H,11H2,1H3,(H,30,33). The van der Waals surface area contributed by atoms with E-state index in [1.807, 2.05) is 0 Å². The Bertz CT molecular complexity index is 1420. The molecule has 0 spiro atoms. The first-order valence-corrected chi connectivity index (χ1v) is 10.5. The van der Waals surface area contributed by atoms with Crippen LogP contribution < -0.4 is 5.32 Å². The SMILES string of the molecule is Cc1nn(Cc2ccccc2C#N)cc1NC(=O)c1cc(C(F)(F)F)nc2ccc(Br)cc12. The minimum atomic E-state index is -4.70. The predicted molar refractivity (Wildman–Crippen MR) is 120 cm³/mol. The van der Waals surface area contributed by atoms with Crippen molar-refractivity contribution in [1.82, 2.24) is 14.8 Å². The lowest BCUT2D eigenvalue weighted by Crippen LogP contribution is -2.16. The summed E-state index contributed by atoms with van der Waals surface area (Å²) in [6, 6.07) is 14.4. The number of halogens is 4. The fourth-order valence-electron chi connectivity index (χ4n) is 3.38. The number of aromatic nitrogens is 3. The summed E-state index contributed by atoms with van der Waals surface area (Å²) in [6.07, 6.45) is -3.13. The Balaban J connectivity index is 1.68. The number of alkyl halides is 3. The molecule has 2 aromatic carbocycles. The molecule has 0 saturated carbocycles. The molecule has 0 aliphatic rings. The van der Waals surface area contributed by atoms with E-state index in [0.29, 0.717) is 28.0 Å². The highest BCUT2D eigenvalue weighted by atomic mass is 79.9. The lowest BCUT2D eigenvalue weighted by Gasteiger charge is -2.12. The summed E-state index contributed by atoms with van der Waals surface area (Å²) in [5.41, 5.74) is 0.832. The van der Waals surface area contributed by atoms with Gasteiger partial charge in [-0.25, -0.2) is 4.98 Å². The number of nitrogens with one attached hydrogen (secondary N) is 1. The molecular weight excluding hydrogens is 499 g/mol. The second-order valence-electron chi connectivity index (χ2n) is 7.26. The van der Waals surface area contributed by atoms with Crippen LogP contribution in [0.4, 0.5) is 18.9 Å². The molecule has 10 heteroatoms. The van der Waals surface area contributed by atoms with Crippen molar-refractivity contribution in [3.63, 3.8) is 0 Å². The number of hydrogen-bond donors (Lipinski definition) is 1. The molecule has 0 unspecified atom stereocenters. The molecule has 0 saturated heterocycles. The van der Waals surface area contributed by atoms with Crippen LogP contribution in [0.5, 0.6) is 0 Å². The number of aryl methyl sites for hydroxylation is 1. The zero-order chi connectivity index (χ0) is 23.8. The van der Waals surface area contributed by atoms with Crippen LogP contribution in [0.15, 0.2) is 59.2 Å². The molecule has 6 nitrogen and oxygen atoms in total. The average Bonchev–Trinajstić information content (AvgIpc) is 3.11. The van der Waals surface area contributed by atoms with E-state index in [9.17, 15) is 23.2 Å². The summed E-state index contributed by atoms with van der Waals surface area (Å²) < 4.78 is 42.2. The first-order valence-electron chi connectivity index (χ1n) is 9.66. The van der Waals surface area contributed by atoms with E-state index < -0.39 is 17.8 Å². The highest BCUT2D eigenvalue weighted by Crippen LogP contribution is 2.32. The Hall–Kier alpha value is -3.71. The third-order valence-electron chi connectivity index (χ3n) is 4.97. The third kappa shape index (κ3) is 4.73. The van der Waals surface area contributed by atoms with Gasteiger partial charge in [0.05, 0.1) is 40.6 Å². The molecule has 2 aromatic heterocycles. The Kier molecular flexibility index (Phi) is 5.91. The van der Waals surface area contributed by atoms with Crippen LogP contribution in [0.1, 0.15) is 32.9 Å². The Labute approximate surface area is 194 Å². The normalized spacial score (nSPS) is 11.4. The van der Waals surface area contributed by atoms with E-state index in [1.54, 1.807) is 54.2 Å². The van der Waals surface area contributed by atoms with Gasteiger partial charge in [0.15, 0.2) is 0 Å². The lowest BCUT2D eigenvalue weighted by molar-refractivity contribution is -0.140. The Morgan fingerprint density at radius 2 is 1.97 bits per heavy atom. The zero-order valence-electron chi connectivity index (χ0n) is 17.1. The first kappa shape index (κ1) is 22.5. The average molecular weight is 514 g/mol. The smallest absolute Gasteiger partial charge is 0.319 e. The minimum absolute atomic E-state index is 0.0544. The molecule has 0 bridgehead atoms. The number of hydrogen-bond acceptors (Lipinski definition) is 4. The van der Waals surface area contributed by atoms with Crippen LogP contribution in [-0.2, 0) is 12.7 Å². The van der Waals surface area contributed by atoms with Crippen molar-refractivity contribution in [3.8, 4) is 6.07 Å². The molecule has 0 fully saturated rings. The summed E-state index contributed by atoms with van der Waals surface area (Å²) >= 11 is 3.28. The number of rotatable bonds is 4. The number of benzene rings is 2. The van der Waals surface area contributed by atoms with E-state index in [4.69, 9.17) is 0 Å². The van der Waals surface area contributed by atoms with Crippen LogP contribution >= 0.6 is 15.9 Å². The quantitative estimate of drug-likeness (QED) is 0.379. The van der Waals surface area contributed by atoms with Gasteiger partial charge in [0.2, 0.25) is 0 Å². The van der Waals surface area contributed by atoms with Crippen molar-refractivity contribution in [2.45, 2.75) is 19.6 Å². The van der Waals surface area contributed by atoms with Crippen LogP contribution in [0.3, 0.4) is 0 Å².